The summed E-state index contributed by atoms with van der Waals surface area (Å²) in [5.74, 6) is 0.326. The zero-order valence-electron chi connectivity index (χ0n) is 9.25. The second-order valence-electron chi connectivity index (χ2n) is 4.76. The second-order valence-corrected chi connectivity index (χ2v) is 5.68. The second kappa shape index (κ2) is 3.67. The number of carbonyl (C=O) groups is 2. The lowest BCUT2D eigenvalue weighted by atomic mass is 9.70. The molecule has 0 radical (unpaired) electrons. The molecule has 0 aromatic heterocycles. The Morgan fingerprint density at radius 2 is 1.88 bits per heavy atom. The van der Waals surface area contributed by atoms with Crippen LogP contribution in [-0.4, -0.2) is 11.7 Å². The number of nitrogens with one attached hydrogen (secondary N) is 1. The van der Waals surface area contributed by atoms with Crippen molar-refractivity contribution in [3.63, 3.8) is 0 Å². The third-order valence-electron chi connectivity index (χ3n) is 3.84. The molecule has 17 heavy (non-hydrogen) atoms. The molecule has 1 aromatic carbocycles. The molecule has 1 amide bonds. The highest BCUT2D eigenvalue weighted by Crippen LogP contribution is 2.47. The van der Waals surface area contributed by atoms with Gasteiger partial charge in [0, 0.05) is 23.0 Å². The number of amides is 1. The number of carbonyl (C=O) groups excluding carboxylic acids is 2. The molecule has 88 valence electrons. The van der Waals surface area contributed by atoms with Crippen LogP contribution in [0.4, 0.5) is 5.69 Å². The quantitative estimate of drug-likeness (QED) is 0.799. The first-order chi connectivity index (χ1) is 8.12. The Morgan fingerprint density at radius 3 is 2.59 bits per heavy atom. The fourth-order valence-corrected chi connectivity index (χ4v) is 3.21. The molecule has 4 heteroatoms. The van der Waals surface area contributed by atoms with Crippen molar-refractivity contribution in [1.29, 1.82) is 0 Å². The van der Waals surface area contributed by atoms with Gasteiger partial charge in [-0.2, -0.15) is 0 Å². The van der Waals surface area contributed by atoms with Gasteiger partial charge in [0.1, 0.15) is 5.78 Å². The first kappa shape index (κ1) is 11.0. The van der Waals surface area contributed by atoms with E-state index in [1.54, 1.807) is 0 Å². The van der Waals surface area contributed by atoms with Crippen LogP contribution in [0.25, 0.3) is 0 Å². The maximum atomic E-state index is 12.2. The van der Waals surface area contributed by atoms with Crippen molar-refractivity contribution < 1.29 is 9.59 Å². The molecule has 1 saturated carbocycles. The number of rotatable bonds is 0. The van der Waals surface area contributed by atoms with Crippen LogP contribution in [0.5, 0.6) is 0 Å². The summed E-state index contributed by atoms with van der Waals surface area (Å²) >= 11 is 3.40. The van der Waals surface area contributed by atoms with Gasteiger partial charge in [-0.15, -0.1) is 0 Å². The smallest absolute Gasteiger partial charge is 0.235 e. The summed E-state index contributed by atoms with van der Waals surface area (Å²) in [7, 11) is 0. The van der Waals surface area contributed by atoms with E-state index >= 15 is 0 Å². The molecule has 1 aliphatic carbocycles. The Bertz CT molecular complexity index is 514. The van der Waals surface area contributed by atoms with E-state index in [1.165, 1.54) is 0 Å². The Balaban J connectivity index is 2.07. The Labute approximate surface area is 108 Å². The maximum Gasteiger partial charge on any atom is 0.235 e. The van der Waals surface area contributed by atoms with Gasteiger partial charge in [0.25, 0.3) is 0 Å². The maximum absolute atomic E-state index is 12.2. The van der Waals surface area contributed by atoms with Crippen molar-refractivity contribution >= 4 is 33.3 Å². The minimum absolute atomic E-state index is 0.0538. The van der Waals surface area contributed by atoms with Gasteiger partial charge in [0.2, 0.25) is 5.91 Å². The largest absolute Gasteiger partial charge is 0.325 e. The lowest BCUT2D eigenvalue weighted by Gasteiger charge is -2.30. The van der Waals surface area contributed by atoms with E-state index in [2.05, 4.69) is 21.2 Å². The number of benzene rings is 1. The zero-order valence-corrected chi connectivity index (χ0v) is 10.8. The fraction of sp³-hybridized carbons (Fsp3) is 0.385. The van der Waals surface area contributed by atoms with E-state index in [4.69, 9.17) is 0 Å². The number of hydrogen-bond acceptors (Lipinski definition) is 2. The summed E-state index contributed by atoms with van der Waals surface area (Å²) in [6.45, 7) is 0. The molecule has 0 saturated heterocycles. The van der Waals surface area contributed by atoms with Crippen molar-refractivity contribution in [2.75, 3.05) is 5.32 Å². The molecule has 1 aliphatic heterocycles. The summed E-state index contributed by atoms with van der Waals surface area (Å²) in [6, 6.07) is 5.88. The van der Waals surface area contributed by atoms with Crippen LogP contribution < -0.4 is 5.32 Å². The molecule has 1 aromatic rings. The fourth-order valence-electron chi connectivity index (χ4n) is 2.85. The van der Waals surface area contributed by atoms with Crippen molar-refractivity contribution in [2.45, 2.75) is 31.1 Å². The standard InChI is InChI=1S/C13H12BrNO2/c14-8-1-2-10-11(7-8)15-12(17)13(10)5-3-9(16)4-6-13/h1-2,7H,3-6H2,(H,15,17). The number of Topliss-reactive ketones (excluding diaryl/α,β-unsaturated/α-hetero) is 1. The van der Waals surface area contributed by atoms with Gasteiger partial charge in [-0.25, -0.2) is 0 Å². The minimum atomic E-state index is -0.454. The van der Waals surface area contributed by atoms with Gasteiger partial charge in [-0.05, 0) is 30.5 Å². The first-order valence-corrected chi connectivity index (χ1v) is 6.54. The van der Waals surface area contributed by atoms with Crippen LogP contribution in [0.3, 0.4) is 0 Å². The van der Waals surface area contributed by atoms with Crippen molar-refractivity contribution in [2.24, 2.45) is 0 Å². The Hall–Kier alpha value is -1.16. The number of halogens is 1. The SMILES string of the molecule is O=C1CCC2(CC1)C(=O)Nc1cc(Br)ccc12. The lowest BCUT2D eigenvalue weighted by Crippen LogP contribution is -2.38. The molecule has 1 heterocycles. The number of fused-ring (bicyclic) bond motifs is 2. The van der Waals surface area contributed by atoms with E-state index in [1.807, 2.05) is 18.2 Å². The first-order valence-electron chi connectivity index (χ1n) is 5.75. The third kappa shape index (κ3) is 1.54. The van der Waals surface area contributed by atoms with Gasteiger partial charge in [-0.1, -0.05) is 22.0 Å². The molecule has 0 atom stereocenters. The van der Waals surface area contributed by atoms with Crippen molar-refractivity contribution in [3.05, 3.63) is 28.2 Å². The third-order valence-corrected chi connectivity index (χ3v) is 4.33. The number of anilines is 1. The summed E-state index contributed by atoms with van der Waals surface area (Å²) in [4.78, 5) is 23.5. The van der Waals surface area contributed by atoms with E-state index in [0.29, 0.717) is 25.7 Å². The average Bonchev–Trinajstić information content (AvgIpc) is 2.55. The molecule has 1 N–H and O–H groups in total. The normalized spacial score (nSPS) is 21.5. The van der Waals surface area contributed by atoms with Gasteiger partial charge >= 0.3 is 0 Å². The van der Waals surface area contributed by atoms with E-state index in [0.717, 1.165) is 15.7 Å². The molecule has 1 fully saturated rings. The van der Waals surface area contributed by atoms with Crippen molar-refractivity contribution in [3.8, 4) is 0 Å². The van der Waals surface area contributed by atoms with E-state index in [9.17, 15) is 9.59 Å². The molecular formula is C13H12BrNO2. The molecule has 0 unspecified atom stereocenters. The monoisotopic (exact) mass is 293 g/mol. The van der Waals surface area contributed by atoms with Crippen LogP contribution in [0.2, 0.25) is 0 Å². The summed E-state index contributed by atoms with van der Waals surface area (Å²) < 4.78 is 0.959. The molecule has 3 nitrogen and oxygen atoms in total. The Kier molecular flexibility index (Phi) is 2.36. The average molecular weight is 294 g/mol. The van der Waals surface area contributed by atoms with Gasteiger partial charge in [0.15, 0.2) is 0 Å². The Morgan fingerprint density at radius 1 is 1.18 bits per heavy atom. The van der Waals surface area contributed by atoms with E-state index < -0.39 is 5.41 Å². The van der Waals surface area contributed by atoms with Crippen LogP contribution in [0.1, 0.15) is 31.2 Å². The summed E-state index contributed by atoms with van der Waals surface area (Å²) in [6.07, 6.45) is 2.32. The topological polar surface area (TPSA) is 46.2 Å². The molecule has 0 bridgehead atoms. The predicted octanol–water partition coefficient (Wildman–Crippen LogP) is 2.78. The molecule has 3 rings (SSSR count). The zero-order chi connectivity index (χ0) is 12.0. The van der Waals surface area contributed by atoms with Crippen LogP contribution in [0, 0.1) is 0 Å². The van der Waals surface area contributed by atoms with E-state index in [-0.39, 0.29) is 11.7 Å². The molecule has 2 aliphatic rings. The molecular weight excluding hydrogens is 282 g/mol. The lowest BCUT2D eigenvalue weighted by molar-refractivity contribution is -0.126. The highest BCUT2D eigenvalue weighted by atomic mass is 79.9. The van der Waals surface area contributed by atoms with Crippen molar-refractivity contribution in [1.82, 2.24) is 0 Å². The minimum Gasteiger partial charge on any atom is -0.325 e. The van der Waals surface area contributed by atoms with Gasteiger partial charge in [-0.3, -0.25) is 9.59 Å². The number of ketones is 1. The highest BCUT2D eigenvalue weighted by Gasteiger charge is 2.48. The van der Waals surface area contributed by atoms with Gasteiger partial charge < -0.3 is 5.32 Å². The van der Waals surface area contributed by atoms with Gasteiger partial charge in [0.05, 0.1) is 5.41 Å². The number of hydrogen-bond donors (Lipinski definition) is 1. The summed E-state index contributed by atoms with van der Waals surface area (Å²) in [5.41, 5.74) is 1.49. The highest BCUT2D eigenvalue weighted by molar-refractivity contribution is 9.10. The van der Waals surface area contributed by atoms with Crippen LogP contribution in [-0.2, 0) is 15.0 Å². The predicted molar refractivity (Wildman–Crippen MR) is 67.9 cm³/mol. The summed E-state index contributed by atoms with van der Waals surface area (Å²) in [5, 5.41) is 2.93. The molecule has 1 spiro atoms. The van der Waals surface area contributed by atoms with Crippen LogP contribution >= 0.6 is 15.9 Å². The van der Waals surface area contributed by atoms with Crippen LogP contribution in [0.15, 0.2) is 22.7 Å².